The zero-order valence-corrected chi connectivity index (χ0v) is 11.6. The zero-order chi connectivity index (χ0) is 13.8. The Morgan fingerprint density at radius 1 is 1.37 bits per heavy atom. The number of hydrogen-bond donors (Lipinski definition) is 2. The predicted octanol–water partition coefficient (Wildman–Crippen LogP) is 0.455. The van der Waals surface area contributed by atoms with E-state index in [0.29, 0.717) is 18.8 Å². The first kappa shape index (κ1) is 14.5. The van der Waals surface area contributed by atoms with Crippen molar-refractivity contribution in [2.75, 3.05) is 31.2 Å². The van der Waals surface area contributed by atoms with Crippen molar-refractivity contribution in [2.24, 2.45) is 0 Å². The van der Waals surface area contributed by atoms with Crippen LogP contribution in [0.2, 0.25) is 0 Å². The van der Waals surface area contributed by atoms with Crippen LogP contribution in [0.4, 0.5) is 4.79 Å². The summed E-state index contributed by atoms with van der Waals surface area (Å²) in [4.78, 5) is 26.8. The fraction of sp³-hybridized carbons (Fsp3) is 0.833. The number of amides is 2. The molecule has 7 heteroatoms. The van der Waals surface area contributed by atoms with E-state index in [1.54, 1.807) is 16.7 Å². The maximum Gasteiger partial charge on any atom is 0.327 e. The number of carbonyl (C=O) groups is 2. The van der Waals surface area contributed by atoms with Gasteiger partial charge in [0.25, 0.3) is 0 Å². The van der Waals surface area contributed by atoms with Gasteiger partial charge in [0, 0.05) is 30.6 Å². The largest absolute Gasteiger partial charge is 0.480 e. The highest BCUT2D eigenvalue weighted by molar-refractivity contribution is 7.99. The van der Waals surface area contributed by atoms with Gasteiger partial charge < -0.3 is 20.0 Å². The molecule has 1 unspecified atom stereocenters. The predicted molar refractivity (Wildman–Crippen MR) is 72.3 cm³/mol. The number of nitrogens with zero attached hydrogens (tertiary/aromatic N) is 2. The second-order valence-corrected chi connectivity index (χ2v) is 6.06. The highest BCUT2D eigenvalue weighted by Crippen LogP contribution is 2.27. The van der Waals surface area contributed by atoms with Crippen molar-refractivity contribution in [1.82, 2.24) is 9.80 Å². The summed E-state index contributed by atoms with van der Waals surface area (Å²) in [7, 11) is 0. The van der Waals surface area contributed by atoms with Crippen LogP contribution in [0.5, 0.6) is 0 Å². The minimum Gasteiger partial charge on any atom is -0.480 e. The smallest absolute Gasteiger partial charge is 0.327 e. The second kappa shape index (κ2) is 6.47. The van der Waals surface area contributed by atoms with Crippen LogP contribution < -0.4 is 0 Å². The third-order valence-electron chi connectivity index (χ3n) is 3.76. The van der Waals surface area contributed by atoms with Gasteiger partial charge in [0.2, 0.25) is 0 Å². The molecule has 2 aliphatic rings. The molecule has 0 aromatic carbocycles. The van der Waals surface area contributed by atoms with Gasteiger partial charge in [-0.3, -0.25) is 0 Å². The van der Waals surface area contributed by atoms with Gasteiger partial charge in [0.1, 0.15) is 6.04 Å². The van der Waals surface area contributed by atoms with E-state index >= 15 is 0 Å². The maximum atomic E-state index is 12.5. The van der Waals surface area contributed by atoms with E-state index in [1.807, 2.05) is 0 Å². The lowest BCUT2D eigenvalue weighted by Crippen LogP contribution is -2.58. The lowest BCUT2D eigenvalue weighted by atomic mass is 9.91. The van der Waals surface area contributed by atoms with Crippen molar-refractivity contribution in [3.8, 4) is 0 Å². The van der Waals surface area contributed by atoms with Crippen LogP contribution in [-0.2, 0) is 4.79 Å². The van der Waals surface area contributed by atoms with E-state index in [2.05, 4.69) is 0 Å². The topological polar surface area (TPSA) is 81.1 Å². The Hall–Kier alpha value is -0.950. The summed E-state index contributed by atoms with van der Waals surface area (Å²) in [5.74, 6) is 0.268. The Morgan fingerprint density at radius 3 is 2.63 bits per heavy atom. The highest BCUT2D eigenvalue weighted by atomic mass is 32.2. The Kier molecular flexibility index (Phi) is 4.93. The molecule has 1 saturated heterocycles. The van der Waals surface area contributed by atoms with Gasteiger partial charge in [-0.2, -0.15) is 11.8 Å². The third-order valence-corrected chi connectivity index (χ3v) is 4.78. The van der Waals surface area contributed by atoms with Crippen molar-refractivity contribution in [1.29, 1.82) is 0 Å². The standard InChI is InChI=1S/C12H20N2O4S/c15-6-4-13(9-2-1-3-9)12(18)14-5-7-19-8-10(14)11(16)17/h9-10,15H,1-8H2,(H,16,17). The Bertz CT molecular complexity index is 349. The molecular formula is C12H20N2O4S. The summed E-state index contributed by atoms with van der Waals surface area (Å²) in [6.45, 7) is 0.678. The number of urea groups is 1. The van der Waals surface area contributed by atoms with E-state index in [1.165, 1.54) is 4.90 Å². The number of carbonyl (C=O) groups excluding carboxylic acids is 1. The van der Waals surface area contributed by atoms with E-state index < -0.39 is 12.0 Å². The van der Waals surface area contributed by atoms with Crippen LogP contribution in [0.1, 0.15) is 19.3 Å². The molecule has 19 heavy (non-hydrogen) atoms. The number of rotatable bonds is 4. The molecule has 2 N–H and O–H groups in total. The fourth-order valence-corrected chi connectivity index (χ4v) is 3.48. The van der Waals surface area contributed by atoms with Crippen LogP contribution in [0, 0.1) is 0 Å². The summed E-state index contributed by atoms with van der Waals surface area (Å²) in [5, 5.41) is 18.3. The van der Waals surface area contributed by atoms with E-state index in [-0.39, 0.29) is 18.7 Å². The first-order chi connectivity index (χ1) is 9.15. The average Bonchev–Trinajstić information content (AvgIpc) is 2.35. The molecule has 0 bridgehead atoms. The van der Waals surface area contributed by atoms with Crippen molar-refractivity contribution < 1.29 is 19.8 Å². The second-order valence-electron chi connectivity index (χ2n) is 4.91. The Morgan fingerprint density at radius 2 is 2.11 bits per heavy atom. The summed E-state index contributed by atoms with van der Waals surface area (Å²) in [6, 6.07) is -0.803. The summed E-state index contributed by atoms with van der Waals surface area (Å²) in [5.41, 5.74) is 0. The van der Waals surface area contributed by atoms with Gasteiger partial charge in [-0.05, 0) is 19.3 Å². The molecular weight excluding hydrogens is 268 g/mol. The lowest BCUT2D eigenvalue weighted by Gasteiger charge is -2.42. The summed E-state index contributed by atoms with van der Waals surface area (Å²) in [6.07, 6.45) is 3.00. The molecule has 2 amide bonds. The SMILES string of the molecule is O=C(O)C1CSCCN1C(=O)N(CCO)C1CCC1. The lowest BCUT2D eigenvalue weighted by molar-refractivity contribution is -0.141. The van der Waals surface area contributed by atoms with Gasteiger partial charge in [0.05, 0.1) is 6.61 Å². The number of aliphatic hydroxyl groups excluding tert-OH is 1. The quantitative estimate of drug-likeness (QED) is 0.785. The first-order valence-electron chi connectivity index (χ1n) is 6.63. The number of hydrogen-bond acceptors (Lipinski definition) is 4. The minimum atomic E-state index is -0.946. The molecule has 1 atom stereocenters. The van der Waals surface area contributed by atoms with Crippen molar-refractivity contribution in [2.45, 2.75) is 31.3 Å². The van der Waals surface area contributed by atoms with Crippen molar-refractivity contribution in [3.05, 3.63) is 0 Å². The van der Waals surface area contributed by atoms with Crippen molar-refractivity contribution in [3.63, 3.8) is 0 Å². The van der Waals surface area contributed by atoms with Gasteiger partial charge in [-0.15, -0.1) is 0 Å². The maximum absolute atomic E-state index is 12.5. The van der Waals surface area contributed by atoms with Crippen LogP contribution in [0.15, 0.2) is 0 Å². The number of thioether (sulfide) groups is 1. The molecule has 0 aromatic rings. The van der Waals surface area contributed by atoms with Crippen LogP contribution >= 0.6 is 11.8 Å². The minimum absolute atomic E-state index is 0.0808. The molecule has 2 fully saturated rings. The number of carboxylic acids is 1. The highest BCUT2D eigenvalue weighted by Gasteiger charge is 2.37. The molecule has 1 saturated carbocycles. The molecule has 108 valence electrons. The molecule has 0 radical (unpaired) electrons. The number of aliphatic hydroxyl groups is 1. The Labute approximate surface area is 116 Å². The fourth-order valence-electron chi connectivity index (χ4n) is 2.44. The first-order valence-corrected chi connectivity index (χ1v) is 7.79. The van der Waals surface area contributed by atoms with Gasteiger partial charge in [-0.25, -0.2) is 9.59 Å². The molecule has 0 spiro atoms. The number of carboxylic acid groups (broad SMARTS) is 1. The summed E-state index contributed by atoms with van der Waals surface area (Å²) < 4.78 is 0. The average molecular weight is 288 g/mol. The molecule has 1 heterocycles. The van der Waals surface area contributed by atoms with Crippen LogP contribution in [0.25, 0.3) is 0 Å². The van der Waals surface area contributed by atoms with Crippen LogP contribution in [0.3, 0.4) is 0 Å². The van der Waals surface area contributed by atoms with E-state index in [4.69, 9.17) is 5.11 Å². The molecule has 2 rings (SSSR count). The van der Waals surface area contributed by atoms with Gasteiger partial charge >= 0.3 is 12.0 Å². The Balaban J connectivity index is 2.07. The molecule has 1 aliphatic carbocycles. The summed E-state index contributed by atoms with van der Waals surface area (Å²) >= 11 is 1.56. The van der Waals surface area contributed by atoms with Gasteiger partial charge in [0.15, 0.2) is 0 Å². The molecule has 6 nitrogen and oxygen atoms in total. The number of aliphatic carboxylic acids is 1. The molecule has 0 aromatic heterocycles. The van der Waals surface area contributed by atoms with Crippen molar-refractivity contribution >= 4 is 23.8 Å². The third kappa shape index (κ3) is 3.14. The van der Waals surface area contributed by atoms with E-state index in [0.717, 1.165) is 25.0 Å². The van der Waals surface area contributed by atoms with E-state index in [9.17, 15) is 14.7 Å². The monoisotopic (exact) mass is 288 g/mol. The normalized spacial score (nSPS) is 23.8. The van der Waals surface area contributed by atoms with Gasteiger partial charge in [-0.1, -0.05) is 0 Å². The molecule has 1 aliphatic heterocycles. The zero-order valence-electron chi connectivity index (χ0n) is 10.8. The van der Waals surface area contributed by atoms with Crippen LogP contribution in [-0.4, -0.2) is 75.3 Å².